The highest BCUT2D eigenvalue weighted by Gasteiger charge is 2.34. The van der Waals surface area contributed by atoms with Gasteiger partial charge in [0.05, 0.1) is 16.9 Å². The number of carbonyl (C=O) groups excluding carboxylic acids is 3. The Morgan fingerprint density at radius 1 is 1.00 bits per heavy atom. The number of nitrogens with two attached hydrogens (primary N) is 1. The van der Waals surface area contributed by atoms with Gasteiger partial charge >= 0.3 is 6.09 Å². The Balaban J connectivity index is 1.73. The fourth-order valence-corrected chi connectivity index (χ4v) is 4.42. The number of hydrogen-bond donors (Lipinski definition) is 2. The van der Waals surface area contributed by atoms with Gasteiger partial charge in [0.15, 0.2) is 0 Å². The summed E-state index contributed by atoms with van der Waals surface area (Å²) in [6.07, 6.45) is 1.15. The van der Waals surface area contributed by atoms with Crippen molar-refractivity contribution in [3.63, 3.8) is 0 Å². The summed E-state index contributed by atoms with van der Waals surface area (Å²) in [5.41, 5.74) is 8.37. The highest BCUT2D eigenvalue weighted by atomic mass is 32.2. The third-order valence-electron chi connectivity index (χ3n) is 6.51. The second-order valence-corrected chi connectivity index (χ2v) is 10.5. The van der Waals surface area contributed by atoms with Crippen LogP contribution in [0.25, 0.3) is 0 Å². The molecule has 1 atom stereocenters. The van der Waals surface area contributed by atoms with Crippen LogP contribution in [0.1, 0.15) is 61.7 Å². The molecule has 3 aromatic carbocycles. The molecular weight excluding hydrogens is 498 g/mol. The van der Waals surface area contributed by atoms with Crippen molar-refractivity contribution in [3.05, 3.63) is 89.5 Å². The molecule has 0 aliphatic carbocycles. The molecule has 7 nitrogen and oxygen atoms in total. The predicted molar refractivity (Wildman–Crippen MR) is 153 cm³/mol. The first-order valence-electron chi connectivity index (χ1n) is 12.4. The SMILES string of the molecule is CSc1ccc(C(C)(C)N(CCC(C)=O)C(=O)O[C@H](C)c2ccc(C(=O)Nc3ccccc3N)cc2)cc1. The first-order chi connectivity index (χ1) is 18.0. The van der Waals surface area contributed by atoms with Gasteiger partial charge in [0, 0.05) is 23.4 Å². The third-order valence-corrected chi connectivity index (χ3v) is 7.25. The molecule has 0 saturated heterocycles. The van der Waals surface area contributed by atoms with E-state index in [1.54, 1.807) is 72.1 Å². The Morgan fingerprint density at radius 3 is 2.21 bits per heavy atom. The van der Waals surface area contributed by atoms with Gasteiger partial charge in [-0.3, -0.25) is 14.5 Å². The number of nitrogens with one attached hydrogen (secondary N) is 1. The van der Waals surface area contributed by atoms with Crippen LogP contribution in [0.5, 0.6) is 0 Å². The molecule has 0 saturated carbocycles. The maximum Gasteiger partial charge on any atom is 0.411 e. The zero-order valence-corrected chi connectivity index (χ0v) is 23.3. The first-order valence-corrected chi connectivity index (χ1v) is 13.6. The number of thioether (sulfide) groups is 1. The number of nitrogen functional groups attached to an aromatic ring is 1. The Morgan fingerprint density at radius 2 is 1.63 bits per heavy atom. The van der Waals surface area contributed by atoms with Gasteiger partial charge in [0.1, 0.15) is 11.9 Å². The number of benzene rings is 3. The second-order valence-electron chi connectivity index (χ2n) is 9.58. The van der Waals surface area contributed by atoms with E-state index >= 15 is 0 Å². The highest BCUT2D eigenvalue weighted by molar-refractivity contribution is 7.98. The van der Waals surface area contributed by atoms with E-state index in [1.165, 1.54) is 6.92 Å². The zero-order valence-electron chi connectivity index (χ0n) is 22.5. The van der Waals surface area contributed by atoms with Crippen molar-refractivity contribution in [2.75, 3.05) is 23.9 Å². The number of para-hydroxylation sites is 2. The summed E-state index contributed by atoms with van der Waals surface area (Å²) in [4.78, 5) is 40.5. The molecule has 3 N–H and O–H groups in total. The molecule has 3 aromatic rings. The van der Waals surface area contributed by atoms with Crippen LogP contribution in [0.2, 0.25) is 0 Å². The molecule has 2 amide bonds. The van der Waals surface area contributed by atoms with Gasteiger partial charge in [-0.05, 0) is 81.5 Å². The lowest BCUT2D eigenvalue weighted by atomic mass is 9.92. The largest absolute Gasteiger partial charge is 0.441 e. The number of carbonyl (C=O) groups is 3. The van der Waals surface area contributed by atoms with Crippen LogP contribution in [0.3, 0.4) is 0 Å². The van der Waals surface area contributed by atoms with Gasteiger partial charge < -0.3 is 15.8 Å². The number of nitrogens with zero attached hydrogens (tertiary/aromatic N) is 1. The van der Waals surface area contributed by atoms with Crippen LogP contribution in [0.4, 0.5) is 16.2 Å². The normalized spacial score (nSPS) is 11.9. The van der Waals surface area contributed by atoms with Gasteiger partial charge in [-0.15, -0.1) is 11.8 Å². The lowest BCUT2D eigenvalue weighted by molar-refractivity contribution is -0.117. The van der Waals surface area contributed by atoms with Crippen molar-refractivity contribution in [2.24, 2.45) is 0 Å². The molecule has 0 aliphatic rings. The first kappa shape index (κ1) is 28.8. The summed E-state index contributed by atoms with van der Waals surface area (Å²) in [7, 11) is 0. The highest BCUT2D eigenvalue weighted by Crippen LogP contribution is 2.31. The van der Waals surface area contributed by atoms with Crippen LogP contribution >= 0.6 is 11.8 Å². The predicted octanol–water partition coefficient (Wildman–Crippen LogP) is 6.66. The van der Waals surface area contributed by atoms with E-state index in [2.05, 4.69) is 5.32 Å². The average molecular weight is 534 g/mol. The molecule has 0 radical (unpaired) electrons. The Hall–Kier alpha value is -3.78. The monoisotopic (exact) mass is 533 g/mol. The van der Waals surface area contributed by atoms with Crippen molar-refractivity contribution < 1.29 is 19.1 Å². The molecule has 8 heteroatoms. The molecule has 38 heavy (non-hydrogen) atoms. The average Bonchev–Trinajstić information content (AvgIpc) is 2.89. The van der Waals surface area contributed by atoms with Crippen LogP contribution in [0.15, 0.2) is 77.7 Å². The maximum absolute atomic E-state index is 13.4. The number of ether oxygens (including phenoxy) is 1. The molecule has 0 heterocycles. The fraction of sp³-hybridized carbons (Fsp3) is 0.300. The summed E-state index contributed by atoms with van der Waals surface area (Å²) in [6, 6.07) is 21.9. The van der Waals surface area contributed by atoms with Gasteiger partial charge in [-0.2, -0.15) is 0 Å². The van der Waals surface area contributed by atoms with Gasteiger partial charge in [-0.1, -0.05) is 36.4 Å². The number of hydrogen-bond acceptors (Lipinski definition) is 6. The number of Topliss-reactive ketones (excluding diaryl/α,β-unsaturated/α-hetero) is 1. The van der Waals surface area contributed by atoms with Crippen LogP contribution in [-0.4, -0.2) is 35.5 Å². The summed E-state index contributed by atoms with van der Waals surface area (Å²) >= 11 is 1.65. The van der Waals surface area contributed by atoms with E-state index in [4.69, 9.17) is 10.5 Å². The topological polar surface area (TPSA) is 102 Å². The van der Waals surface area contributed by atoms with Crippen molar-refractivity contribution in [2.45, 2.75) is 50.7 Å². The van der Waals surface area contributed by atoms with Crippen molar-refractivity contribution >= 4 is 40.9 Å². The Labute approximate surface area is 228 Å². The lowest BCUT2D eigenvalue weighted by Crippen LogP contribution is -2.47. The van der Waals surface area contributed by atoms with E-state index in [0.29, 0.717) is 16.9 Å². The molecule has 0 fully saturated rings. The molecule has 0 spiro atoms. The van der Waals surface area contributed by atoms with Crippen LogP contribution in [0, 0.1) is 0 Å². The molecule has 0 aromatic heterocycles. The quantitative estimate of drug-likeness (QED) is 0.223. The summed E-state index contributed by atoms with van der Waals surface area (Å²) < 4.78 is 5.85. The number of anilines is 2. The van der Waals surface area contributed by atoms with E-state index < -0.39 is 17.7 Å². The number of amides is 2. The minimum absolute atomic E-state index is 0.00416. The number of rotatable bonds is 10. The summed E-state index contributed by atoms with van der Waals surface area (Å²) in [5, 5.41) is 2.80. The van der Waals surface area contributed by atoms with Crippen molar-refractivity contribution in [1.29, 1.82) is 0 Å². The van der Waals surface area contributed by atoms with E-state index in [1.807, 2.05) is 44.4 Å². The van der Waals surface area contributed by atoms with Gasteiger partial charge in [0.25, 0.3) is 5.91 Å². The molecule has 3 rings (SSSR count). The lowest BCUT2D eigenvalue weighted by Gasteiger charge is -2.39. The third kappa shape index (κ3) is 7.16. The molecule has 200 valence electrons. The fourth-order valence-electron chi connectivity index (χ4n) is 4.02. The van der Waals surface area contributed by atoms with Crippen molar-refractivity contribution in [1.82, 2.24) is 4.90 Å². The smallest absolute Gasteiger partial charge is 0.411 e. The minimum atomic E-state index is -0.704. The van der Waals surface area contributed by atoms with Crippen LogP contribution < -0.4 is 11.1 Å². The molecule has 0 aliphatic heterocycles. The zero-order chi connectivity index (χ0) is 27.9. The number of ketones is 1. The van der Waals surface area contributed by atoms with E-state index in [-0.39, 0.29) is 24.7 Å². The Kier molecular flexibility index (Phi) is 9.58. The summed E-state index contributed by atoms with van der Waals surface area (Å²) in [5.74, 6) is -0.292. The summed E-state index contributed by atoms with van der Waals surface area (Å²) in [6.45, 7) is 7.41. The van der Waals surface area contributed by atoms with Crippen LogP contribution in [-0.2, 0) is 15.1 Å². The van der Waals surface area contributed by atoms with E-state index in [0.717, 1.165) is 16.0 Å². The van der Waals surface area contributed by atoms with E-state index in [9.17, 15) is 14.4 Å². The molecular formula is C30H35N3O4S. The minimum Gasteiger partial charge on any atom is -0.441 e. The van der Waals surface area contributed by atoms with Gasteiger partial charge in [0.2, 0.25) is 0 Å². The molecule has 0 bridgehead atoms. The second kappa shape index (κ2) is 12.6. The molecule has 0 unspecified atom stereocenters. The van der Waals surface area contributed by atoms with Crippen molar-refractivity contribution in [3.8, 4) is 0 Å². The maximum atomic E-state index is 13.4. The standard InChI is InChI=1S/C30H35N3O4S/c1-20(34)18-19-33(30(3,4)24-14-16-25(38-5)17-15-24)29(36)37-21(2)22-10-12-23(13-11-22)28(35)32-27-9-7-6-8-26(27)31/h6-17,21H,18-19,31H2,1-5H3,(H,32,35)/t21-/m1/s1. The van der Waals surface area contributed by atoms with Gasteiger partial charge in [-0.25, -0.2) is 4.79 Å². The Bertz CT molecular complexity index is 1270.